The summed E-state index contributed by atoms with van der Waals surface area (Å²) >= 11 is 0. The lowest BCUT2D eigenvalue weighted by Gasteiger charge is -2.32. The zero-order valence-electron chi connectivity index (χ0n) is 23.4. The molecule has 10 heteroatoms. The molecule has 202 valence electrons. The van der Waals surface area contributed by atoms with E-state index in [2.05, 4.69) is 26.7 Å². The van der Waals surface area contributed by atoms with E-state index in [4.69, 9.17) is 14.0 Å². The van der Waals surface area contributed by atoms with Crippen molar-refractivity contribution in [3.63, 3.8) is 0 Å². The normalized spacial score (nSPS) is 17.7. The minimum atomic E-state index is -0.569. The number of pyridine rings is 1. The number of rotatable bonds is 7. The molecule has 1 aromatic carbocycles. The number of fused-ring (bicyclic) bond motifs is 1. The van der Waals surface area contributed by atoms with Crippen molar-refractivity contribution in [2.45, 2.75) is 72.3 Å². The molecule has 0 radical (unpaired) electrons. The molecule has 2 aliphatic rings. The second-order valence-electron chi connectivity index (χ2n) is 11.1. The highest BCUT2D eigenvalue weighted by molar-refractivity contribution is 6.63. The zero-order valence-corrected chi connectivity index (χ0v) is 23.4. The highest BCUT2D eigenvalue weighted by Crippen LogP contribution is 2.37. The van der Waals surface area contributed by atoms with Crippen LogP contribution in [0.15, 0.2) is 36.8 Å². The molecule has 0 atom stereocenters. The Kier molecular flexibility index (Phi) is 6.99. The summed E-state index contributed by atoms with van der Waals surface area (Å²) in [5, 5.41) is 9.36. The van der Waals surface area contributed by atoms with Gasteiger partial charge in [-0.2, -0.15) is 5.26 Å². The summed E-state index contributed by atoms with van der Waals surface area (Å²) in [6, 6.07) is 7.95. The SMILES string of the molecule is CCOc1cc(CN2CCc3c(B4OC(C)(C)C(C)(C)O4)cc(Cn4ccnc4C)cc3C2=O)ncc1C#N. The van der Waals surface area contributed by atoms with Crippen molar-refractivity contribution < 1.29 is 18.8 Å². The topological polar surface area (TPSA) is 102 Å². The van der Waals surface area contributed by atoms with Crippen LogP contribution in [0.5, 0.6) is 5.75 Å². The number of ether oxygens (including phenoxy) is 1. The molecule has 39 heavy (non-hydrogen) atoms. The van der Waals surface area contributed by atoms with E-state index in [0.29, 0.717) is 55.2 Å². The Labute approximate surface area is 229 Å². The van der Waals surface area contributed by atoms with Crippen LogP contribution in [0, 0.1) is 18.3 Å². The van der Waals surface area contributed by atoms with E-state index >= 15 is 0 Å². The van der Waals surface area contributed by atoms with E-state index in [1.54, 1.807) is 17.2 Å². The molecule has 0 aliphatic carbocycles. The Bertz CT molecular complexity index is 1440. The van der Waals surface area contributed by atoms with E-state index in [-0.39, 0.29) is 5.91 Å². The van der Waals surface area contributed by atoms with Crippen LogP contribution in [-0.4, -0.2) is 56.8 Å². The van der Waals surface area contributed by atoms with Crippen LogP contribution in [0.4, 0.5) is 0 Å². The number of aryl methyl sites for hydroxylation is 1. The first-order valence-electron chi connectivity index (χ1n) is 13.3. The molecule has 1 saturated heterocycles. The first-order valence-corrected chi connectivity index (χ1v) is 13.3. The molecule has 0 unspecified atom stereocenters. The predicted octanol–water partition coefficient (Wildman–Crippen LogP) is 3.40. The van der Waals surface area contributed by atoms with Crippen LogP contribution < -0.4 is 10.2 Å². The van der Waals surface area contributed by atoms with Crippen LogP contribution in [0.2, 0.25) is 0 Å². The highest BCUT2D eigenvalue weighted by atomic mass is 16.7. The number of hydrogen-bond acceptors (Lipinski definition) is 7. The van der Waals surface area contributed by atoms with E-state index < -0.39 is 18.3 Å². The Hall–Kier alpha value is -3.68. The molecule has 2 aromatic heterocycles. The van der Waals surface area contributed by atoms with Gasteiger partial charge in [-0.15, -0.1) is 0 Å². The van der Waals surface area contributed by atoms with Crippen molar-refractivity contribution in [3.05, 3.63) is 70.6 Å². The molecule has 5 rings (SSSR count). The van der Waals surface area contributed by atoms with Crippen molar-refractivity contribution in [1.82, 2.24) is 19.4 Å². The Morgan fingerprint density at radius 3 is 2.51 bits per heavy atom. The number of aromatic nitrogens is 3. The standard InChI is InChI=1S/C29H34BN5O4/c1-7-37-26-14-22(33-16-21(26)15-31)18-35-10-8-23-24(27(35)36)12-20(17-34-11-9-32-19(34)2)13-25(23)30-38-28(3,4)29(5,6)39-30/h9,11-14,16H,7-8,10,17-18H2,1-6H3. The fourth-order valence-electron chi connectivity index (χ4n) is 5.05. The third-order valence-corrected chi connectivity index (χ3v) is 7.97. The highest BCUT2D eigenvalue weighted by Gasteiger charge is 2.52. The zero-order chi connectivity index (χ0) is 27.9. The third kappa shape index (κ3) is 5.04. The second kappa shape index (κ2) is 10.1. The smallest absolute Gasteiger partial charge is 0.492 e. The Morgan fingerprint density at radius 1 is 1.13 bits per heavy atom. The summed E-state index contributed by atoms with van der Waals surface area (Å²) in [6.45, 7) is 13.8. The van der Waals surface area contributed by atoms with Crippen LogP contribution in [-0.2, 0) is 28.8 Å². The summed E-state index contributed by atoms with van der Waals surface area (Å²) in [4.78, 5) is 24.5. The van der Waals surface area contributed by atoms with Gasteiger partial charge in [0.1, 0.15) is 23.2 Å². The minimum Gasteiger partial charge on any atom is -0.492 e. The molecule has 9 nitrogen and oxygen atoms in total. The van der Waals surface area contributed by atoms with Crippen LogP contribution in [0.1, 0.15) is 73.2 Å². The van der Waals surface area contributed by atoms with E-state index in [0.717, 1.165) is 22.4 Å². The Balaban J connectivity index is 1.50. The van der Waals surface area contributed by atoms with Crippen molar-refractivity contribution in [3.8, 4) is 11.8 Å². The third-order valence-electron chi connectivity index (χ3n) is 7.97. The van der Waals surface area contributed by atoms with Crippen molar-refractivity contribution in [1.29, 1.82) is 5.26 Å². The fourth-order valence-corrected chi connectivity index (χ4v) is 5.05. The number of benzene rings is 1. The van der Waals surface area contributed by atoms with Gasteiger partial charge in [-0.05, 0) is 70.6 Å². The van der Waals surface area contributed by atoms with Crippen LogP contribution in [0.3, 0.4) is 0 Å². The lowest BCUT2D eigenvalue weighted by atomic mass is 9.72. The number of amides is 1. The maximum absolute atomic E-state index is 13.9. The van der Waals surface area contributed by atoms with Crippen molar-refractivity contribution >= 4 is 18.5 Å². The summed E-state index contributed by atoms with van der Waals surface area (Å²) in [5.41, 5.74) is 3.56. The van der Waals surface area contributed by atoms with Crippen molar-refractivity contribution in [2.24, 2.45) is 0 Å². The number of imidazole rings is 1. The van der Waals surface area contributed by atoms with E-state index in [9.17, 15) is 10.1 Å². The van der Waals surface area contributed by atoms with Gasteiger partial charge in [0.15, 0.2) is 0 Å². The van der Waals surface area contributed by atoms with Crippen molar-refractivity contribution in [2.75, 3.05) is 13.2 Å². The lowest BCUT2D eigenvalue weighted by molar-refractivity contribution is 0.00578. The maximum atomic E-state index is 13.9. The van der Waals surface area contributed by atoms with E-state index in [1.165, 1.54) is 6.20 Å². The molecule has 3 aromatic rings. The van der Waals surface area contributed by atoms with Gasteiger partial charge in [-0.3, -0.25) is 9.78 Å². The number of nitriles is 1. The summed E-state index contributed by atoms with van der Waals surface area (Å²) in [5.74, 6) is 1.31. The lowest BCUT2D eigenvalue weighted by Crippen LogP contribution is -2.44. The number of hydrogen-bond donors (Lipinski definition) is 0. The number of carbonyl (C=O) groups excluding carboxylic acids is 1. The first kappa shape index (κ1) is 26.9. The molecule has 1 amide bonds. The number of nitrogens with zero attached hydrogens (tertiary/aromatic N) is 5. The predicted molar refractivity (Wildman–Crippen MR) is 147 cm³/mol. The van der Waals surface area contributed by atoms with Gasteiger partial charge in [0.25, 0.3) is 5.91 Å². The van der Waals surface area contributed by atoms with Gasteiger partial charge in [0, 0.05) is 43.3 Å². The fraction of sp³-hybridized carbons (Fsp3) is 0.448. The largest absolute Gasteiger partial charge is 0.495 e. The van der Waals surface area contributed by atoms with E-state index in [1.807, 2.05) is 53.8 Å². The van der Waals surface area contributed by atoms with Crippen LogP contribution >= 0.6 is 0 Å². The maximum Gasteiger partial charge on any atom is 0.495 e. The Morgan fingerprint density at radius 2 is 1.87 bits per heavy atom. The second-order valence-corrected chi connectivity index (χ2v) is 11.1. The average molecular weight is 527 g/mol. The molecular weight excluding hydrogens is 493 g/mol. The molecule has 0 bridgehead atoms. The molecule has 0 N–H and O–H groups in total. The van der Waals surface area contributed by atoms with Gasteiger partial charge in [0.2, 0.25) is 0 Å². The van der Waals surface area contributed by atoms with Gasteiger partial charge in [0.05, 0.1) is 30.0 Å². The quantitative estimate of drug-likeness (QED) is 0.434. The summed E-state index contributed by atoms with van der Waals surface area (Å²) < 4.78 is 20.5. The van der Waals surface area contributed by atoms with Crippen LogP contribution in [0.25, 0.3) is 0 Å². The van der Waals surface area contributed by atoms with Gasteiger partial charge in [-0.25, -0.2) is 4.98 Å². The summed E-state index contributed by atoms with van der Waals surface area (Å²) in [6.07, 6.45) is 5.88. The van der Waals surface area contributed by atoms with Gasteiger partial charge >= 0.3 is 7.12 Å². The van der Waals surface area contributed by atoms with Gasteiger partial charge in [-0.1, -0.05) is 6.07 Å². The molecular formula is C29H34BN5O4. The molecule has 4 heterocycles. The first-order chi connectivity index (χ1) is 18.5. The monoisotopic (exact) mass is 527 g/mol. The minimum absolute atomic E-state index is 0.0673. The average Bonchev–Trinajstić information content (AvgIpc) is 3.38. The molecule has 1 fully saturated rings. The molecule has 0 spiro atoms. The molecule has 2 aliphatic heterocycles. The van der Waals surface area contributed by atoms with Gasteiger partial charge < -0.3 is 23.5 Å². The molecule has 0 saturated carbocycles. The summed E-state index contributed by atoms with van der Waals surface area (Å²) in [7, 11) is -0.569. The number of carbonyl (C=O) groups is 1.